The molecule has 1 rings (SSSR count). The second-order valence-electron chi connectivity index (χ2n) is 2.93. The molecule has 54 valence electrons. The highest BCUT2D eigenvalue weighted by Gasteiger charge is 2.13. The van der Waals surface area contributed by atoms with E-state index in [1.165, 1.54) is 25.9 Å². The number of hydrogen-bond acceptors (Lipinski definition) is 2. The van der Waals surface area contributed by atoms with Crippen LogP contribution >= 0.6 is 12.6 Å². The summed E-state index contributed by atoms with van der Waals surface area (Å²) in [5, 5.41) is 0. The largest absolute Gasteiger partial charge is 0.306 e. The summed E-state index contributed by atoms with van der Waals surface area (Å²) in [7, 11) is 2.19. The van der Waals surface area contributed by atoms with Gasteiger partial charge in [0.1, 0.15) is 0 Å². The van der Waals surface area contributed by atoms with Crippen molar-refractivity contribution in [3.05, 3.63) is 0 Å². The molecule has 0 bridgehead atoms. The summed E-state index contributed by atoms with van der Waals surface area (Å²) >= 11 is 4.27. The molecule has 1 nitrogen and oxygen atoms in total. The molecule has 0 amide bonds. The molecule has 0 N–H and O–H groups in total. The number of rotatable bonds is 1. The van der Waals surface area contributed by atoms with Gasteiger partial charge < -0.3 is 4.90 Å². The summed E-state index contributed by atoms with van der Waals surface area (Å²) in [6, 6.07) is 0. The Morgan fingerprint density at radius 1 is 1.44 bits per heavy atom. The lowest BCUT2D eigenvalue weighted by Gasteiger charge is -2.27. The van der Waals surface area contributed by atoms with Crippen molar-refractivity contribution >= 4 is 12.6 Å². The molecule has 0 aromatic rings. The number of piperidine rings is 1. The van der Waals surface area contributed by atoms with Crippen molar-refractivity contribution in [2.75, 3.05) is 25.9 Å². The highest BCUT2D eigenvalue weighted by atomic mass is 32.1. The Morgan fingerprint density at radius 3 is 2.44 bits per heavy atom. The first kappa shape index (κ1) is 7.42. The van der Waals surface area contributed by atoms with Crippen molar-refractivity contribution < 1.29 is 0 Å². The lowest BCUT2D eigenvalue weighted by molar-refractivity contribution is 0.233. The maximum Gasteiger partial charge on any atom is -0.00188 e. The van der Waals surface area contributed by atoms with Gasteiger partial charge in [-0.1, -0.05) is 0 Å². The van der Waals surface area contributed by atoms with Crippen molar-refractivity contribution in [3.63, 3.8) is 0 Å². The van der Waals surface area contributed by atoms with Crippen LogP contribution in [0.5, 0.6) is 0 Å². The monoisotopic (exact) mass is 145 g/mol. The van der Waals surface area contributed by atoms with Gasteiger partial charge >= 0.3 is 0 Å². The molecule has 0 aromatic heterocycles. The van der Waals surface area contributed by atoms with Gasteiger partial charge in [-0.3, -0.25) is 0 Å². The van der Waals surface area contributed by atoms with E-state index in [0.29, 0.717) is 0 Å². The number of nitrogens with zero attached hydrogens (tertiary/aromatic N) is 1. The van der Waals surface area contributed by atoms with Crippen LogP contribution in [-0.2, 0) is 0 Å². The molecule has 1 aliphatic heterocycles. The van der Waals surface area contributed by atoms with Gasteiger partial charge in [0.15, 0.2) is 0 Å². The molecule has 0 saturated carbocycles. The Kier molecular flexibility index (Phi) is 2.86. The minimum absolute atomic E-state index is 0.893. The fourth-order valence-electron chi connectivity index (χ4n) is 1.24. The Bertz CT molecular complexity index is 77.0. The number of thiol groups is 1. The van der Waals surface area contributed by atoms with Crippen LogP contribution in [0.2, 0.25) is 0 Å². The van der Waals surface area contributed by atoms with Crippen molar-refractivity contribution in [2.24, 2.45) is 5.92 Å². The van der Waals surface area contributed by atoms with Crippen molar-refractivity contribution in [3.8, 4) is 0 Å². The van der Waals surface area contributed by atoms with E-state index in [1.54, 1.807) is 0 Å². The van der Waals surface area contributed by atoms with Crippen LogP contribution in [0.15, 0.2) is 0 Å². The van der Waals surface area contributed by atoms with Crippen LogP contribution in [0.1, 0.15) is 12.8 Å². The summed E-state index contributed by atoms with van der Waals surface area (Å²) in [5.74, 6) is 1.97. The van der Waals surface area contributed by atoms with E-state index in [-0.39, 0.29) is 0 Å². The quantitative estimate of drug-likeness (QED) is 0.544. The molecular formula is C7H15NS. The van der Waals surface area contributed by atoms with Gasteiger partial charge in [-0.2, -0.15) is 12.6 Å². The first-order valence-corrected chi connectivity index (χ1v) is 4.25. The number of likely N-dealkylation sites (tertiary alicyclic amines) is 1. The van der Waals surface area contributed by atoms with E-state index in [4.69, 9.17) is 0 Å². The van der Waals surface area contributed by atoms with Crippen LogP contribution in [0.4, 0.5) is 0 Å². The Morgan fingerprint density at radius 2 is 2.00 bits per heavy atom. The third-order valence-electron chi connectivity index (χ3n) is 2.10. The second kappa shape index (κ2) is 3.47. The summed E-state index contributed by atoms with van der Waals surface area (Å²) in [6.07, 6.45) is 2.69. The molecule has 0 aliphatic carbocycles. The summed E-state index contributed by atoms with van der Waals surface area (Å²) < 4.78 is 0. The highest BCUT2D eigenvalue weighted by Crippen LogP contribution is 2.16. The van der Waals surface area contributed by atoms with Crippen LogP contribution < -0.4 is 0 Å². The summed E-state index contributed by atoms with van der Waals surface area (Å²) in [6.45, 7) is 2.54. The molecule has 0 radical (unpaired) electrons. The van der Waals surface area contributed by atoms with E-state index in [9.17, 15) is 0 Å². The average Bonchev–Trinajstić information content (AvgIpc) is 1.90. The third kappa shape index (κ3) is 2.18. The fraction of sp³-hybridized carbons (Fsp3) is 1.00. The minimum Gasteiger partial charge on any atom is -0.306 e. The predicted octanol–water partition coefficient (Wildman–Crippen LogP) is 1.26. The molecule has 2 heteroatoms. The molecule has 9 heavy (non-hydrogen) atoms. The van der Waals surface area contributed by atoms with E-state index in [2.05, 4.69) is 24.6 Å². The van der Waals surface area contributed by atoms with Crippen LogP contribution in [0.3, 0.4) is 0 Å². The van der Waals surface area contributed by atoms with Gasteiger partial charge in [-0.05, 0) is 44.6 Å². The van der Waals surface area contributed by atoms with Gasteiger partial charge in [-0.15, -0.1) is 0 Å². The molecule has 1 heterocycles. The van der Waals surface area contributed by atoms with Gasteiger partial charge in [0.25, 0.3) is 0 Å². The van der Waals surface area contributed by atoms with E-state index >= 15 is 0 Å². The van der Waals surface area contributed by atoms with Crippen LogP contribution in [-0.4, -0.2) is 30.8 Å². The third-order valence-corrected chi connectivity index (χ3v) is 2.61. The van der Waals surface area contributed by atoms with Gasteiger partial charge in [-0.25, -0.2) is 0 Å². The van der Waals surface area contributed by atoms with Gasteiger partial charge in [0, 0.05) is 0 Å². The minimum atomic E-state index is 0.893. The van der Waals surface area contributed by atoms with Crippen molar-refractivity contribution in [1.29, 1.82) is 0 Å². The highest BCUT2D eigenvalue weighted by molar-refractivity contribution is 7.80. The van der Waals surface area contributed by atoms with Crippen molar-refractivity contribution in [2.45, 2.75) is 12.8 Å². The SMILES string of the molecule is CN1CCC(CS)CC1. The standard InChI is InChI=1S/C7H15NS/c1-8-4-2-7(6-9)3-5-8/h7,9H,2-6H2,1H3. The summed E-state index contributed by atoms with van der Waals surface area (Å²) in [4.78, 5) is 2.39. The second-order valence-corrected chi connectivity index (χ2v) is 3.29. The van der Waals surface area contributed by atoms with Gasteiger partial charge in [0.2, 0.25) is 0 Å². The zero-order valence-electron chi connectivity index (χ0n) is 6.01. The predicted molar refractivity (Wildman–Crippen MR) is 44.1 cm³/mol. The smallest absolute Gasteiger partial charge is 0.00188 e. The number of hydrogen-bond donors (Lipinski definition) is 1. The Balaban J connectivity index is 2.18. The molecule has 0 unspecified atom stereocenters. The molecule has 1 saturated heterocycles. The Labute approximate surface area is 62.8 Å². The van der Waals surface area contributed by atoms with E-state index in [0.717, 1.165) is 11.7 Å². The average molecular weight is 145 g/mol. The molecule has 1 aliphatic rings. The van der Waals surface area contributed by atoms with E-state index in [1.807, 2.05) is 0 Å². The summed E-state index contributed by atoms with van der Waals surface area (Å²) in [5.41, 5.74) is 0. The maximum absolute atomic E-state index is 4.27. The van der Waals surface area contributed by atoms with Crippen LogP contribution in [0, 0.1) is 5.92 Å². The molecule has 0 spiro atoms. The maximum atomic E-state index is 4.27. The van der Waals surface area contributed by atoms with E-state index < -0.39 is 0 Å². The zero-order chi connectivity index (χ0) is 6.69. The molecule has 0 aromatic carbocycles. The topological polar surface area (TPSA) is 3.24 Å². The normalized spacial score (nSPS) is 24.7. The molecular weight excluding hydrogens is 130 g/mol. The Hall–Kier alpha value is 0.310. The lowest BCUT2D eigenvalue weighted by Crippen LogP contribution is -2.30. The fourth-order valence-corrected chi connectivity index (χ4v) is 1.61. The first-order valence-electron chi connectivity index (χ1n) is 3.62. The molecule has 1 fully saturated rings. The lowest BCUT2D eigenvalue weighted by atomic mass is 10.00. The van der Waals surface area contributed by atoms with Crippen molar-refractivity contribution in [1.82, 2.24) is 4.90 Å². The first-order chi connectivity index (χ1) is 4.33. The van der Waals surface area contributed by atoms with Crippen LogP contribution in [0.25, 0.3) is 0 Å². The molecule has 0 atom stereocenters. The zero-order valence-corrected chi connectivity index (χ0v) is 6.90. The van der Waals surface area contributed by atoms with Gasteiger partial charge in [0.05, 0.1) is 0 Å².